The minimum absolute atomic E-state index is 0.559. The molecule has 0 radical (unpaired) electrons. The summed E-state index contributed by atoms with van der Waals surface area (Å²) in [6, 6.07) is 23.9. The highest BCUT2D eigenvalue weighted by molar-refractivity contribution is 5.74. The van der Waals surface area contributed by atoms with Crippen molar-refractivity contribution in [3.8, 4) is 0 Å². The molecule has 1 fully saturated rings. The first-order chi connectivity index (χ1) is 16.8. The van der Waals surface area contributed by atoms with Crippen molar-refractivity contribution in [1.82, 2.24) is 24.3 Å². The van der Waals surface area contributed by atoms with Crippen LogP contribution in [-0.2, 0) is 13.1 Å². The van der Waals surface area contributed by atoms with E-state index in [2.05, 4.69) is 97.2 Å². The zero-order chi connectivity index (χ0) is 22.7. The third kappa shape index (κ3) is 4.36. The normalized spacial score (nSPS) is 18.7. The molecule has 0 bridgehead atoms. The molecule has 5 aromatic rings. The van der Waals surface area contributed by atoms with Gasteiger partial charge in [-0.25, -0.2) is 9.97 Å². The molecule has 0 atom stereocenters. The molecule has 5 heteroatoms. The van der Waals surface area contributed by atoms with Gasteiger partial charge < -0.3 is 4.98 Å². The summed E-state index contributed by atoms with van der Waals surface area (Å²) in [5, 5.41) is 0. The lowest BCUT2D eigenvalue weighted by Gasteiger charge is -2.33. The molecular formula is C29H31N5. The molecule has 1 aliphatic rings. The van der Waals surface area contributed by atoms with Gasteiger partial charge in [0.1, 0.15) is 0 Å². The van der Waals surface area contributed by atoms with Crippen molar-refractivity contribution in [3.63, 3.8) is 0 Å². The first-order valence-corrected chi connectivity index (χ1v) is 12.4. The number of hydrogen-bond donors (Lipinski definition) is 1. The number of nitrogens with zero attached hydrogens (tertiary/aromatic N) is 4. The molecule has 5 nitrogen and oxygen atoms in total. The maximum Gasteiger partial charge on any atom is 0.156 e. The average molecular weight is 450 g/mol. The number of imidazole rings is 1. The predicted octanol–water partition coefficient (Wildman–Crippen LogP) is 6.19. The van der Waals surface area contributed by atoms with Crippen molar-refractivity contribution < 1.29 is 0 Å². The number of nitrogens with one attached hydrogen (secondary N) is 1. The second-order valence-electron chi connectivity index (χ2n) is 9.70. The van der Waals surface area contributed by atoms with E-state index >= 15 is 0 Å². The summed E-state index contributed by atoms with van der Waals surface area (Å²) in [5.74, 6) is 1.29. The third-order valence-corrected chi connectivity index (χ3v) is 7.35. The quantitative estimate of drug-likeness (QED) is 0.322. The number of fused-ring (bicyclic) bond motifs is 3. The van der Waals surface area contributed by atoms with Crippen molar-refractivity contribution in [2.45, 2.75) is 44.7 Å². The summed E-state index contributed by atoms with van der Waals surface area (Å²) in [6.07, 6.45) is 10.9. The summed E-state index contributed by atoms with van der Waals surface area (Å²) in [4.78, 5) is 15.0. The molecule has 34 heavy (non-hydrogen) atoms. The Labute approximate surface area is 200 Å². The highest BCUT2D eigenvalue weighted by atomic mass is 15.1. The zero-order valence-corrected chi connectivity index (χ0v) is 19.5. The minimum atomic E-state index is 0.559. The Hall–Kier alpha value is -3.44. The molecule has 3 heterocycles. The molecule has 1 saturated carbocycles. The van der Waals surface area contributed by atoms with Crippen molar-refractivity contribution in [2.75, 3.05) is 6.54 Å². The fraction of sp³-hybridized carbons (Fsp3) is 0.310. The van der Waals surface area contributed by atoms with Crippen LogP contribution in [0.25, 0.3) is 16.8 Å². The number of benzene rings is 2. The van der Waals surface area contributed by atoms with Crippen molar-refractivity contribution >= 4 is 16.8 Å². The van der Waals surface area contributed by atoms with Crippen molar-refractivity contribution in [3.05, 3.63) is 102 Å². The van der Waals surface area contributed by atoms with Crippen molar-refractivity contribution in [1.29, 1.82) is 0 Å². The van der Waals surface area contributed by atoms with Crippen LogP contribution >= 0.6 is 0 Å². The smallest absolute Gasteiger partial charge is 0.156 e. The van der Waals surface area contributed by atoms with Crippen LogP contribution in [0.1, 0.15) is 48.4 Å². The lowest BCUT2D eigenvalue weighted by molar-refractivity contribution is 0.180. The molecule has 0 unspecified atom stereocenters. The van der Waals surface area contributed by atoms with Crippen LogP contribution in [0.2, 0.25) is 0 Å². The fourth-order valence-corrected chi connectivity index (χ4v) is 5.65. The van der Waals surface area contributed by atoms with Gasteiger partial charge in [-0.05, 0) is 48.8 Å². The van der Waals surface area contributed by atoms with Gasteiger partial charge in [0, 0.05) is 43.6 Å². The maximum absolute atomic E-state index is 4.66. The summed E-state index contributed by atoms with van der Waals surface area (Å²) >= 11 is 0. The first-order valence-electron chi connectivity index (χ1n) is 12.4. The van der Waals surface area contributed by atoms with E-state index in [0.717, 1.165) is 42.4 Å². The van der Waals surface area contributed by atoms with Gasteiger partial charge in [-0.1, -0.05) is 60.7 Å². The lowest BCUT2D eigenvalue weighted by atomic mass is 9.80. The summed E-state index contributed by atoms with van der Waals surface area (Å²) < 4.78 is 2.31. The van der Waals surface area contributed by atoms with Gasteiger partial charge in [0.15, 0.2) is 11.3 Å². The molecule has 0 aliphatic heterocycles. The number of aromatic nitrogens is 4. The topological polar surface area (TPSA) is 49.2 Å². The Balaban J connectivity index is 1.16. The van der Waals surface area contributed by atoms with Crippen LogP contribution in [0.15, 0.2) is 85.3 Å². The standard InChI is InChI=1S/C29H31N5/c1-3-7-22(8-4-1)19-33(20-23-9-5-2-6-10-23)21-24-11-13-25(14-12-24)27-17-31-28-18-32-29-26(34(27)28)15-16-30-29/h1-10,15-18,24-25,30H,11-14,19-21H2/t24-,25-. The van der Waals surface area contributed by atoms with Crippen LogP contribution < -0.4 is 0 Å². The van der Waals surface area contributed by atoms with Crippen LogP contribution in [0, 0.1) is 5.92 Å². The third-order valence-electron chi connectivity index (χ3n) is 7.35. The Morgan fingerprint density at radius 1 is 0.794 bits per heavy atom. The Morgan fingerprint density at radius 2 is 1.47 bits per heavy atom. The number of aromatic amines is 1. The molecule has 3 aromatic heterocycles. The monoisotopic (exact) mass is 449 g/mol. The largest absolute Gasteiger partial charge is 0.345 e. The molecule has 0 amide bonds. The summed E-state index contributed by atoms with van der Waals surface area (Å²) in [6.45, 7) is 3.15. The molecule has 2 aromatic carbocycles. The summed E-state index contributed by atoms with van der Waals surface area (Å²) in [5.41, 5.74) is 7.12. The van der Waals surface area contributed by atoms with Gasteiger partial charge in [0.2, 0.25) is 0 Å². The molecule has 1 N–H and O–H groups in total. The Kier molecular flexibility index (Phi) is 5.86. The lowest BCUT2D eigenvalue weighted by Crippen LogP contribution is -2.31. The number of hydrogen-bond acceptors (Lipinski definition) is 3. The molecular weight excluding hydrogens is 418 g/mol. The van der Waals surface area contributed by atoms with E-state index in [-0.39, 0.29) is 0 Å². The van der Waals surface area contributed by atoms with Crippen LogP contribution in [0.3, 0.4) is 0 Å². The minimum Gasteiger partial charge on any atom is -0.345 e. The predicted molar refractivity (Wildman–Crippen MR) is 137 cm³/mol. The maximum atomic E-state index is 4.66. The second-order valence-corrected chi connectivity index (χ2v) is 9.70. The first kappa shape index (κ1) is 21.1. The molecule has 0 saturated heterocycles. The zero-order valence-electron chi connectivity index (χ0n) is 19.5. The van der Waals surface area contributed by atoms with E-state index in [9.17, 15) is 0 Å². The summed E-state index contributed by atoms with van der Waals surface area (Å²) in [7, 11) is 0. The van der Waals surface area contributed by atoms with E-state index in [0.29, 0.717) is 5.92 Å². The highest BCUT2D eigenvalue weighted by Crippen LogP contribution is 2.37. The molecule has 1 aliphatic carbocycles. The van der Waals surface area contributed by atoms with Gasteiger partial charge in [0.05, 0.1) is 11.7 Å². The second kappa shape index (κ2) is 9.43. The average Bonchev–Trinajstić information content (AvgIpc) is 3.53. The van der Waals surface area contributed by atoms with E-state index < -0.39 is 0 Å². The SMILES string of the molecule is c1ccc(CN(Cc2ccccc2)C[C@H]2CC[C@H](c3cnc4cnc5[nH]ccc5n43)CC2)cc1. The van der Waals surface area contributed by atoms with Gasteiger partial charge in [-0.2, -0.15) is 0 Å². The van der Waals surface area contributed by atoms with Crippen LogP contribution in [0.4, 0.5) is 0 Å². The van der Waals surface area contributed by atoms with E-state index in [1.54, 1.807) is 0 Å². The van der Waals surface area contributed by atoms with E-state index in [1.165, 1.54) is 42.5 Å². The Morgan fingerprint density at radius 3 is 2.15 bits per heavy atom. The Bertz CT molecular complexity index is 1310. The molecule has 6 rings (SSSR count). The van der Waals surface area contributed by atoms with Crippen LogP contribution in [0.5, 0.6) is 0 Å². The number of H-pyrrole nitrogens is 1. The van der Waals surface area contributed by atoms with E-state index in [4.69, 9.17) is 0 Å². The number of rotatable bonds is 7. The molecule has 0 spiro atoms. The van der Waals surface area contributed by atoms with E-state index in [1.807, 2.05) is 12.4 Å². The highest BCUT2D eigenvalue weighted by Gasteiger charge is 2.26. The molecule has 172 valence electrons. The fourth-order valence-electron chi connectivity index (χ4n) is 5.65. The van der Waals surface area contributed by atoms with Crippen LogP contribution in [-0.4, -0.2) is 30.8 Å². The van der Waals surface area contributed by atoms with Gasteiger partial charge in [-0.3, -0.25) is 9.30 Å². The van der Waals surface area contributed by atoms with Gasteiger partial charge in [0.25, 0.3) is 0 Å². The van der Waals surface area contributed by atoms with Gasteiger partial charge >= 0.3 is 0 Å². The van der Waals surface area contributed by atoms with Crippen molar-refractivity contribution in [2.24, 2.45) is 5.92 Å². The van der Waals surface area contributed by atoms with Gasteiger partial charge in [-0.15, -0.1) is 0 Å².